The van der Waals surface area contributed by atoms with Gasteiger partial charge in [0.05, 0.1) is 18.1 Å². The fraction of sp³-hybridized carbons (Fsp3) is 0.571. The molecule has 1 N–H and O–H groups in total. The van der Waals surface area contributed by atoms with E-state index in [-0.39, 0.29) is 11.0 Å². The van der Waals surface area contributed by atoms with Crippen LogP contribution in [0.25, 0.3) is 0 Å². The molecule has 1 atom stereocenters. The normalized spacial score (nSPS) is 25.4. The molecule has 2 aromatic rings. The van der Waals surface area contributed by atoms with Crippen molar-refractivity contribution in [1.82, 2.24) is 10.3 Å². The van der Waals surface area contributed by atoms with Gasteiger partial charge in [-0.1, -0.05) is 18.9 Å². The molecule has 134 valence electrons. The molecule has 0 bridgehead atoms. The summed E-state index contributed by atoms with van der Waals surface area (Å²) in [6, 6.07) is 8.37. The highest BCUT2D eigenvalue weighted by molar-refractivity contribution is 5.20. The highest BCUT2D eigenvalue weighted by Crippen LogP contribution is 2.49. The standard InChI is InChI=1S/C21H28N2O2/c1-4-11-23-19(5-1)20(9-12-22-15-18-6-13-24-16-18)10-14-25-21(17-20)7-2-3-8-21/h1,4-6,11,13,16,22H,2-3,7-10,12,14-15,17H2/t20-/m1/s1. The monoisotopic (exact) mass is 340 g/mol. The van der Waals surface area contributed by atoms with Gasteiger partial charge in [0, 0.05) is 36.0 Å². The van der Waals surface area contributed by atoms with E-state index < -0.39 is 0 Å². The Kier molecular flexibility index (Phi) is 4.91. The molecule has 1 saturated carbocycles. The zero-order valence-corrected chi connectivity index (χ0v) is 14.9. The minimum absolute atomic E-state index is 0.0975. The summed E-state index contributed by atoms with van der Waals surface area (Å²) in [6.07, 6.45) is 13.8. The van der Waals surface area contributed by atoms with Crippen LogP contribution in [0.4, 0.5) is 0 Å². The highest BCUT2D eigenvalue weighted by atomic mass is 16.5. The van der Waals surface area contributed by atoms with Gasteiger partial charge in [0.2, 0.25) is 0 Å². The molecular formula is C21H28N2O2. The predicted octanol–water partition coefficient (Wildman–Crippen LogP) is 4.22. The van der Waals surface area contributed by atoms with Crippen LogP contribution < -0.4 is 5.32 Å². The summed E-state index contributed by atoms with van der Waals surface area (Å²) >= 11 is 0. The molecule has 1 aliphatic heterocycles. The van der Waals surface area contributed by atoms with Gasteiger partial charge in [-0.05, 0) is 56.8 Å². The van der Waals surface area contributed by atoms with E-state index in [1.165, 1.54) is 36.9 Å². The second-order valence-electron chi connectivity index (χ2n) is 7.72. The third-order valence-electron chi connectivity index (χ3n) is 6.06. The summed E-state index contributed by atoms with van der Waals surface area (Å²) in [6.45, 7) is 2.70. The smallest absolute Gasteiger partial charge is 0.0947 e. The van der Waals surface area contributed by atoms with Crippen molar-refractivity contribution in [3.05, 3.63) is 54.2 Å². The number of aromatic nitrogens is 1. The molecule has 25 heavy (non-hydrogen) atoms. The lowest BCUT2D eigenvalue weighted by Gasteiger charge is -2.46. The van der Waals surface area contributed by atoms with Crippen LogP contribution in [-0.2, 0) is 16.7 Å². The zero-order chi connectivity index (χ0) is 17.0. The van der Waals surface area contributed by atoms with Gasteiger partial charge in [-0.25, -0.2) is 0 Å². The molecule has 1 saturated heterocycles. The first-order valence-electron chi connectivity index (χ1n) is 9.58. The van der Waals surface area contributed by atoms with Gasteiger partial charge >= 0.3 is 0 Å². The van der Waals surface area contributed by atoms with Crippen LogP contribution in [0.2, 0.25) is 0 Å². The van der Waals surface area contributed by atoms with E-state index in [1.807, 2.05) is 24.6 Å². The molecule has 3 heterocycles. The van der Waals surface area contributed by atoms with E-state index in [2.05, 4.69) is 17.4 Å². The first kappa shape index (κ1) is 16.8. The Morgan fingerprint density at radius 2 is 2.04 bits per heavy atom. The number of hydrogen-bond donors (Lipinski definition) is 1. The van der Waals surface area contributed by atoms with Crippen molar-refractivity contribution in [3.63, 3.8) is 0 Å². The number of pyridine rings is 1. The van der Waals surface area contributed by atoms with Crippen LogP contribution >= 0.6 is 0 Å². The highest BCUT2D eigenvalue weighted by Gasteiger charge is 2.48. The summed E-state index contributed by atoms with van der Waals surface area (Å²) in [4.78, 5) is 4.76. The first-order chi connectivity index (χ1) is 12.3. The fourth-order valence-electron chi connectivity index (χ4n) is 4.75. The number of ether oxygens (including phenoxy) is 1. The molecule has 2 aromatic heterocycles. The van der Waals surface area contributed by atoms with Crippen LogP contribution in [0, 0.1) is 0 Å². The average molecular weight is 340 g/mol. The molecule has 1 spiro atoms. The van der Waals surface area contributed by atoms with Crippen molar-refractivity contribution < 1.29 is 9.15 Å². The predicted molar refractivity (Wildman–Crippen MR) is 97.3 cm³/mol. The zero-order valence-electron chi connectivity index (χ0n) is 14.9. The number of nitrogens with one attached hydrogen (secondary N) is 1. The summed E-state index contributed by atoms with van der Waals surface area (Å²) in [7, 11) is 0. The molecule has 2 fully saturated rings. The first-order valence-corrected chi connectivity index (χ1v) is 9.58. The summed E-state index contributed by atoms with van der Waals surface area (Å²) in [5, 5.41) is 3.58. The molecule has 2 aliphatic rings. The summed E-state index contributed by atoms with van der Waals surface area (Å²) in [5.74, 6) is 0. The molecule has 4 nitrogen and oxygen atoms in total. The van der Waals surface area contributed by atoms with Crippen molar-refractivity contribution in [3.8, 4) is 0 Å². The van der Waals surface area contributed by atoms with E-state index in [4.69, 9.17) is 14.1 Å². The molecule has 1 aliphatic carbocycles. The molecule has 4 rings (SSSR count). The van der Waals surface area contributed by atoms with Crippen molar-refractivity contribution in [1.29, 1.82) is 0 Å². The third kappa shape index (κ3) is 3.65. The lowest BCUT2D eigenvalue weighted by atomic mass is 9.68. The van der Waals surface area contributed by atoms with E-state index in [0.29, 0.717) is 0 Å². The topological polar surface area (TPSA) is 47.3 Å². The minimum Gasteiger partial charge on any atom is -0.472 e. The Labute approximate surface area is 150 Å². The van der Waals surface area contributed by atoms with Gasteiger partial charge in [-0.2, -0.15) is 0 Å². The largest absolute Gasteiger partial charge is 0.472 e. The van der Waals surface area contributed by atoms with Crippen molar-refractivity contribution >= 4 is 0 Å². The second kappa shape index (κ2) is 7.30. The average Bonchev–Trinajstić information content (AvgIpc) is 3.32. The van der Waals surface area contributed by atoms with Gasteiger partial charge in [-0.15, -0.1) is 0 Å². The summed E-state index contributed by atoms with van der Waals surface area (Å²) < 4.78 is 11.5. The number of furan rings is 1. The molecule has 0 aromatic carbocycles. The number of rotatable bonds is 6. The van der Waals surface area contributed by atoms with Gasteiger partial charge < -0.3 is 14.5 Å². The van der Waals surface area contributed by atoms with Crippen molar-refractivity contribution in [2.45, 2.75) is 62.5 Å². The molecule has 0 radical (unpaired) electrons. The van der Waals surface area contributed by atoms with Gasteiger partial charge in [0.15, 0.2) is 0 Å². The molecule has 4 heteroatoms. The van der Waals surface area contributed by atoms with Gasteiger partial charge in [0.25, 0.3) is 0 Å². The van der Waals surface area contributed by atoms with Crippen LogP contribution in [-0.4, -0.2) is 23.7 Å². The fourth-order valence-corrected chi connectivity index (χ4v) is 4.75. The lowest BCUT2D eigenvalue weighted by molar-refractivity contribution is -0.104. The number of hydrogen-bond acceptors (Lipinski definition) is 4. The quantitative estimate of drug-likeness (QED) is 0.800. The van der Waals surface area contributed by atoms with Crippen molar-refractivity contribution in [2.24, 2.45) is 0 Å². The second-order valence-corrected chi connectivity index (χ2v) is 7.72. The Balaban J connectivity index is 1.48. The SMILES string of the molecule is c1ccc([C@]2(CCNCc3ccoc3)CCOC3(CCCC3)C2)nc1. The minimum atomic E-state index is 0.0975. The summed E-state index contributed by atoms with van der Waals surface area (Å²) in [5.41, 5.74) is 2.67. The third-order valence-corrected chi connectivity index (χ3v) is 6.06. The van der Waals surface area contributed by atoms with Crippen LogP contribution in [0.3, 0.4) is 0 Å². The van der Waals surface area contributed by atoms with E-state index in [9.17, 15) is 0 Å². The van der Waals surface area contributed by atoms with Crippen molar-refractivity contribution in [2.75, 3.05) is 13.2 Å². The van der Waals surface area contributed by atoms with Gasteiger partial charge in [-0.3, -0.25) is 4.98 Å². The van der Waals surface area contributed by atoms with E-state index in [1.54, 1.807) is 6.26 Å². The molecule has 0 amide bonds. The maximum absolute atomic E-state index is 6.31. The lowest BCUT2D eigenvalue weighted by Crippen LogP contribution is -2.47. The Hall–Kier alpha value is -1.65. The Morgan fingerprint density at radius 3 is 2.80 bits per heavy atom. The van der Waals surface area contributed by atoms with Crippen LogP contribution in [0.5, 0.6) is 0 Å². The molecular weight excluding hydrogens is 312 g/mol. The van der Waals surface area contributed by atoms with Gasteiger partial charge in [0.1, 0.15) is 0 Å². The van der Waals surface area contributed by atoms with Crippen LogP contribution in [0.1, 0.15) is 56.2 Å². The maximum Gasteiger partial charge on any atom is 0.0947 e. The molecule has 0 unspecified atom stereocenters. The number of nitrogens with zero attached hydrogens (tertiary/aromatic N) is 1. The van der Waals surface area contributed by atoms with E-state index >= 15 is 0 Å². The maximum atomic E-state index is 6.31. The Bertz CT molecular complexity index is 650. The van der Waals surface area contributed by atoms with E-state index in [0.717, 1.165) is 39.0 Å². The Morgan fingerprint density at radius 1 is 1.12 bits per heavy atom. The van der Waals surface area contributed by atoms with Crippen LogP contribution in [0.15, 0.2) is 47.4 Å².